The van der Waals surface area contributed by atoms with E-state index >= 15 is 0 Å². The molecule has 0 aromatic carbocycles. The van der Waals surface area contributed by atoms with Crippen LogP contribution in [0.25, 0.3) is 0 Å². The van der Waals surface area contributed by atoms with Gasteiger partial charge in [-0.2, -0.15) is 0 Å². The van der Waals surface area contributed by atoms with Gasteiger partial charge in [0.15, 0.2) is 6.10 Å². The number of aliphatic hydroxyl groups excluding tert-OH is 2. The molecule has 0 aliphatic carbocycles. The van der Waals surface area contributed by atoms with Gasteiger partial charge in [-0.05, 0) is 57.3 Å². The Hall–Kier alpha value is -1.85. The fraction of sp³-hybridized carbons (Fsp3) is 0.833. The van der Waals surface area contributed by atoms with E-state index < -0.39 is 51.8 Å². The van der Waals surface area contributed by atoms with E-state index in [1.165, 1.54) is 103 Å². The molecule has 1 aliphatic heterocycles. The summed E-state index contributed by atoms with van der Waals surface area (Å²) in [6, 6.07) is 0. The van der Waals surface area contributed by atoms with E-state index in [2.05, 4.69) is 51.2 Å². The Labute approximate surface area is 365 Å². The normalized spacial score (nSPS) is 17.5. The Kier molecular flexibility index (Phi) is 36.3. The Balaban J connectivity index is 2.24. The monoisotopic (exact) mass is 871 g/mol. The number of esters is 2. The lowest BCUT2D eigenvalue weighted by molar-refractivity contribution is -0.161. The van der Waals surface area contributed by atoms with E-state index in [4.69, 9.17) is 28.4 Å². The van der Waals surface area contributed by atoms with Crippen LogP contribution in [0.2, 0.25) is 0 Å². The summed E-state index contributed by atoms with van der Waals surface area (Å²) in [5.74, 6) is -0.160. The first-order valence-corrected chi connectivity index (χ1v) is 25.4. The van der Waals surface area contributed by atoms with E-state index in [1.54, 1.807) is 0 Å². The lowest BCUT2D eigenvalue weighted by Crippen LogP contribution is -2.29. The number of hydrogen-bond acceptors (Lipinski definition) is 10. The first-order valence-electron chi connectivity index (χ1n) is 23.9. The molecule has 12 heteroatoms. The van der Waals surface area contributed by atoms with Crippen molar-refractivity contribution in [2.45, 2.75) is 225 Å². The first-order chi connectivity index (χ1) is 29.1. The van der Waals surface area contributed by atoms with E-state index in [1.807, 2.05) is 6.08 Å². The molecule has 3 unspecified atom stereocenters. The van der Waals surface area contributed by atoms with Gasteiger partial charge in [-0.3, -0.25) is 18.6 Å². The van der Waals surface area contributed by atoms with Crippen molar-refractivity contribution in [3.8, 4) is 0 Å². The molecule has 350 valence electrons. The van der Waals surface area contributed by atoms with Crippen LogP contribution >= 0.6 is 7.82 Å². The van der Waals surface area contributed by atoms with Gasteiger partial charge >= 0.3 is 19.8 Å². The molecule has 1 rings (SSSR count). The van der Waals surface area contributed by atoms with Crippen molar-refractivity contribution < 1.29 is 52.5 Å². The molecule has 0 aromatic rings. The maximum Gasteiger partial charge on any atom is 0.472 e. The minimum atomic E-state index is -4.64. The highest BCUT2D eigenvalue weighted by molar-refractivity contribution is 7.47. The van der Waals surface area contributed by atoms with Gasteiger partial charge in [0.1, 0.15) is 12.7 Å². The number of aliphatic hydroxyl groups is 2. The van der Waals surface area contributed by atoms with Crippen molar-refractivity contribution in [2.24, 2.45) is 5.92 Å². The number of phosphoric ester groups is 1. The fourth-order valence-electron chi connectivity index (χ4n) is 6.80. The number of hydrogen-bond donors (Lipinski definition) is 3. The molecule has 1 heterocycles. The van der Waals surface area contributed by atoms with Gasteiger partial charge in [0.05, 0.1) is 32.0 Å². The molecule has 1 fully saturated rings. The number of unbranched alkanes of at least 4 members (excludes halogenated alkanes) is 19. The molecule has 1 aliphatic rings. The second-order valence-electron chi connectivity index (χ2n) is 17.0. The molecule has 0 radical (unpaired) electrons. The fourth-order valence-corrected chi connectivity index (χ4v) is 7.59. The number of epoxide rings is 1. The predicted molar refractivity (Wildman–Crippen MR) is 242 cm³/mol. The third kappa shape index (κ3) is 36.8. The van der Waals surface area contributed by atoms with Crippen molar-refractivity contribution in [3.63, 3.8) is 0 Å². The Bertz CT molecular complexity index is 1170. The van der Waals surface area contributed by atoms with Crippen LogP contribution in [0.5, 0.6) is 0 Å². The van der Waals surface area contributed by atoms with Crippen molar-refractivity contribution in [3.05, 3.63) is 36.5 Å². The van der Waals surface area contributed by atoms with E-state index in [-0.39, 0.29) is 31.7 Å². The number of carbonyl (C=O) groups is 2. The van der Waals surface area contributed by atoms with Crippen LogP contribution in [-0.2, 0) is 37.4 Å². The van der Waals surface area contributed by atoms with Crippen molar-refractivity contribution in [2.75, 3.05) is 26.4 Å². The van der Waals surface area contributed by atoms with Gasteiger partial charge in [-0.15, -0.1) is 0 Å². The summed E-state index contributed by atoms with van der Waals surface area (Å²) in [5.41, 5.74) is 0. The van der Waals surface area contributed by atoms with Crippen LogP contribution in [0.3, 0.4) is 0 Å². The summed E-state index contributed by atoms with van der Waals surface area (Å²) in [7, 11) is -4.64. The van der Waals surface area contributed by atoms with Crippen LogP contribution in [0.4, 0.5) is 0 Å². The van der Waals surface area contributed by atoms with E-state index in [0.29, 0.717) is 19.3 Å². The standard InChI is InChI=1S/C48H87O11P/c1-4-5-6-7-8-17-21-24-29-34-45-46(59-45)35-30-26-27-32-37-48(52)58-44(41-57-60(53,54)56-39-43(50)38-49)40-55-47(51)36-31-25-22-19-16-14-12-10-9-11-13-15-18-20-23-28-33-42(2)3/h8,17,24,26,29-30,42-46,49-50H,4-7,9-16,18-23,25,27-28,31-41H2,1-3H3,(H,53,54)/b17-8-,29-24-,30-26-/t43-,44+,45?,46?/m0/s1. The number of allylic oxidation sites excluding steroid dienone is 4. The zero-order chi connectivity index (χ0) is 43.9. The number of carbonyl (C=O) groups excluding carboxylic acids is 2. The van der Waals surface area contributed by atoms with Gasteiger partial charge in [0.25, 0.3) is 0 Å². The first kappa shape index (κ1) is 56.2. The smallest absolute Gasteiger partial charge is 0.462 e. The minimum absolute atomic E-state index is 0.101. The molecule has 0 saturated carbocycles. The highest BCUT2D eigenvalue weighted by atomic mass is 31.2. The second-order valence-corrected chi connectivity index (χ2v) is 18.5. The molecule has 0 aromatic heterocycles. The molecule has 0 bridgehead atoms. The van der Waals surface area contributed by atoms with Crippen LogP contribution < -0.4 is 0 Å². The van der Waals surface area contributed by atoms with E-state index in [0.717, 1.165) is 50.9 Å². The highest BCUT2D eigenvalue weighted by Crippen LogP contribution is 2.43. The van der Waals surface area contributed by atoms with Crippen molar-refractivity contribution >= 4 is 19.8 Å². The Morgan fingerprint density at radius 3 is 1.72 bits per heavy atom. The average molecular weight is 871 g/mol. The van der Waals surface area contributed by atoms with Gasteiger partial charge in [-0.1, -0.05) is 173 Å². The molecule has 0 spiro atoms. The second kappa shape index (κ2) is 38.8. The minimum Gasteiger partial charge on any atom is -0.462 e. The summed E-state index contributed by atoms with van der Waals surface area (Å²) < 4.78 is 38.5. The van der Waals surface area contributed by atoms with Crippen molar-refractivity contribution in [1.29, 1.82) is 0 Å². The Morgan fingerprint density at radius 1 is 0.633 bits per heavy atom. The molecule has 5 atom stereocenters. The molecular formula is C48H87O11P. The molecule has 1 saturated heterocycles. The van der Waals surface area contributed by atoms with Gasteiger partial charge in [-0.25, -0.2) is 4.57 Å². The summed E-state index contributed by atoms with van der Waals surface area (Å²) in [6.45, 7) is 4.64. The van der Waals surface area contributed by atoms with Gasteiger partial charge < -0.3 is 29.3 Å². The lowest BCUT2D eigenvalue weighted by atomic mass is 10.0. The zero-order valence-electron chi connectivity index (χ0n) is 38.0. The third-order valence-electron chi connectivity index (χ3n) is 10.6. The zero-order valence-corrected chi connectivity index (χ0v) is 38.9. The topological polar surface area (TPSA) is 161 Å². The number of phosphoric acid groups is 1. The largest absolute Gasteiger partial charge is 0.472 e. The molecular weight excluding hydrogens is 783 g/mol. The Morgan fingerprint density at radius 2 is 1.13 bits per heavy atom. The number of ether oxygens (including phenoxy) is 3. The molecule has 60 heavy (non-hydrogen) atoms. The lowest BCUT2D eigenvalue weighted by Gasteiger charge is -2.20. The number of rotatable bonds is 43. The summed E-state index contributed by atoms with van der Waals surface area (Å²) in [4.78, 5) is 35.1. The third-order valence-corrected chi connectivity index (χ3v) is 11.6. The molecule has 11 nitrogen and oxygen atoms in total. The summed E-state index contributed by atoms with van der Waals surface area (Å²) in [5, 5.41) is 18.4. The van der Waals surface area contributed by atoms with Crippen LogP contribution in [-0.4, -0.2) is 77.9 Å². The molecule has 3 N–H and O–H groups in total. The summed E-state index contributed by atoms with van der Waals surface area (Å²) in [6.07, 6.45) is 41.4. The van der Waals surface area contributed by atoms with Crippen molar-refractivity contribution in [1.82, 2.24) is 0 Å². The van der Waals surface area contributed by atoms with Crippen LogP contribution in [0, 0.1) is 5.92 Å². The summed E-state index contributed by atoms with van der Waals surface area (Å²) >= 11 is 0. The molecule has 0 amide bonds. The van der Waals surface area contributed by atoms with E-state index in [9.17, 15) is 24.2 Å². The van der Waals surface area contributed by atoms with Gasteiger partial charge in [0, 0.05) is 12.8 Å². The quantitative estimate of drug-likeness (QED) is 0.0176. The average Bonchev–Trinajstić information content (AvgIpc) is 3.98. The highest BCUT2D eigenvalue weighted by Gasteiger charge is 2.36. The van der Waals surface area contributed by atoms with Crippen LogP contribution in [0.15, 0.2) is 36.5 Å². The maximum absolute atomic E-state index is 12.7. The SMILES string of the molecule is CCCCC/C=C\C/C=C\CC1OC1C/C=C\CCCC(=O)O[C@H](COC(=O)CCCCCCCCCCCCCCCCCCC(C)C)COP(=O)(O)OC[C@@H](O)CO. The van der Waals surface area contributed by atoms with Crippen LogP contribution in [0.1, 0.15) is 201 Å². The maximum atomic E-state index is 12.7. The predicted octanol–water partition coefficient (Wildman–Crippen LogP) is 12.0. The van der Waals surface area contributed by atoms with Gasteiger partial charge in [0.2, 0.25) is 0 Å².